The molecule has 0 aliphatic carbocycles. The van der Waals surface area contributed by atoms with Gasteiger partial charge in [-0.1, -0.05) is 51.1 Å². The summed E-state index contributed by atoms with van der Waals surface area (Å²) < 4.78 is 30.9. The first-order chi connectivity index (χ1) is 23.2. The number of primary amides is 1. The number of nitrogens with two attached hydrogens (primary N) is 2. The maximum Gasteiger partial charge on any atom is 0.320 e. The van der Waals surface area contributed by atoms with Crippen LogP contribution in [0.4, 0.5) is 8.78 Å². The van der Waals surface area contributed by atoms with Crippen LogP contribution >= 0.6 is 0 Å². The second-order valence-corrected chi connectivity index (χ2v) is 12.6. The number of carboxylic acid groups (broad SMARTS) is 1. The fourth-order valence-electron chi connectivity index (χ4n) is 5.09. The van der Waals surface area contributed by atoms with Gasteiger partial charge in [0.25, 0.3) is 0 Å². The molecule has 270 valence electrons. The molecule has 10 N–H and O–H groups in total. The van der Waals surface area contributed by atoms with Crippen LogP contribution in [0.3, 0.4) is 0 Å². The van der Waals surface area contributed by atoms with Gasteiger partial charge in [0.05, 0.1) is 25.3 Å². The van der Waals surface area contributed by atoms with Crippen molar-refractivity contribution in [2.75, 3.05) is 32.8 Å². The first-order valence-corrected chi connectivity index (χ1v) is 16.1. The number of amides is 2. The first kappa shape index (κ1) is 41.0. The number of nitrogens with one attached hydrogen (secondary N) is 3. The van der Waals surface area contributed by atoms with Gasteiger partial charge in [0.2, 0.25) is 11.8 Å². The Labute approximate surface area is 285 Å². The van der Waals surface area contributed by atoms with Crippen molar-refractivity contribution in [3.05, 3.63) is 83.7 Å². The number of aliphatic hydroxyl groups is 2. The molecule has 49 heavy (non-hydrogen) atoms. The smallest absolute Gasteiger partial charge is 0.320 e. The van der Waals surface area contributed by atoms with Crippen molar-refractivity contribution in [2.45, 2.75) is 64.7 Å². The van der Waals surface area contributed by atoms with E-state index < -0.39 is 35.6 Å². The van der Waals surface area contributed by atoms with Gasteiger partial charge in [-0.05, 0) is 54.6 Å². The number of aliphatic carboxylic acids is 1. The summed E-state index contributed by atoms with van der Waals surface area (Å²) in [6.45, 7) is 7.19. The van der Waals surface area contributed by atoms with Gasteiger partial charge in [0.1, 0.15) is 17.7 Å². The molecule has 14 heteroatoms. The Bertz CT molecular complexity index is 1480. The van der Waals surface area contributed by atoms with Crippen LogP contribution in [0.2, 0.25) is 0 Å². The summed E-state index contributed by atoms with van der Waals surface area (Å²) in [7, 11) is 0. The van der Waals surface area contributed by atoms with Crippen LogP contribution in [0.15, 0.2) is 60.8 Å². The van der Waals surface area contributed by atoms with E-state index >= 15 is 0 Å². The fourth-order valence-corrected chi connectivity index (χ4v) is 5.09. The minimum atomic E-state index is -1.11. The van der Waals surface area contributed by atoms with E-state index in [0.717, 1.165) is 23.4 Å². The third-order valence-corrected chi connectivity index (χ3v) is 7.56. The Kier molecular flexibility index (Phi) is 17.0. The molecule has 12 nitrogen and oxygen atoms in total. The van der Waals surface area contributed by atoms with Gasteiger partial charge < -0.3 is 47.3 Å². The minimum absolute atomic E-state index is 0.0478. The summed E-state index contributed by atoms with van der Waals surface area (Å²) in [5, 5.41) is 33.5. The summed E-state index contributed by atoms with van der Waals surface area (Å²) in [5.41, 5.74) is 13.6. The molecular weight excluding hydrogens is 638 g/mol. The lowest BCUT2D eigenvalue weighted by atomic mass is 9.84. The first-order valence-electron chi connectivity index (χ1n) is 16.1. The topological polar surface area (TPSA) is 205 Å². The predicted molar refractivity (Wildman–Crippen MR) is 183 cm³/mol. The Morgan fingerprint density at radius 3 is 2.18 bits per heavy atom. The van der Waals surface area contributed by atoms with Gasteiger partial charge >= 0.3 is 5.97 Å². The van der Waals surface area contributed by atoms with Crippen LogP contribution in [-0.4, -0.2) is 82.6 Å². The van der Waals surface area contributed by atoms with Crippen molar-refractivity contribution in [3.63, 3.8) is 0 Å². The molecule has 1 aromatic heterocycles. The number of aliphatic hydroxyl groups excluding tert-OH is 2. The summed E-state index contributed by atoms with van der Waals surface area (Å²) in [5.74, 6) is -3.12. The largest absolute Gasteiger partial charge is 0.480 e. The lowest BCUT2D eigenvalue weighted by Crippen LogP contribution is -2.46. The van der Waals surface area contributed by atoms with Crippen molar-refractivity contribution in [3.8, 4) is 11.1 Å². The molecule has 2 amide bonds. The van der Waals surface area contributed by atoms with Crippen LogP contribution in [0.1, 0.15) is 57.3 Å². The standard InChI is InChI=1S/C33H44F2N6O4.C2H6O2/c1-33(2,3)30(39-14-13-26(36)31(43)40-16-15-38-27(32(44)45)11-12-29(37)42)28-17-22(24-18-23(34)9-10-25(24)35)20-41(28)19-21-7-5-4-6-8-21;3-1-2-4/h4-10,17-18,20,26-27,30,38-39H,11-16,19,36H2,1-3H3,(H2,37,42)(H,40,43)(H,44,45);3-4H,1-2H2/t26-,27-,30-;/m0./s1. The highest BCUT2D eigenvalue weighted by atomic mass is 19.1. The number of rotatable bonds is 18. The van der Waals surface area contributed by atoms with Gasteiger partial charge in [0.15, 0.2) is 0 Å². The van der Waals surface area contributed by atoms with E-state index in [9.17, 15) is 28.3 Å². The number of carboxylic acids is 1. The zero-order valence-electron chi connectivity index (χ0n) is 28.3. The van der Waals surface area contributed by atoms with Gasteiger partial charge in [-0.25, -0.2) is 8.78 Å². The quantitative estimate of drug-likeness (QED) is 0.0922. The van der Waals surface area contributed by atoms with E-state index in [-0.39, 0.29) is 62.1 Å². The van der Waals surface area contributed by atoms with Crippen LogP contribution in [0, 0.1) is 17.0 Å². The maximum atomic E-state index is 14.8. The van der Waals surface area contributed by atoms with Crippen LogP contribution < -0.4 is 27.4 Å². The molecule has 0 saturated heterocycles. The number of nitrogens with zero attached hydrogens (tertiary/aromatic N) is 1. The predicted octanol–water partition coefficient (Wildman–Crippen LogP) is 2.27. The third-order valence-electron chi connectivity index (χ3n) is 7.56. The van der Waals surface area contributed by atoms with Crippen LogP contribution in [-0.2, 0) is 20.9 Å². The number of hydrogen-bond acceptors (Lipinski definition) is 8. The number of halogens is 2. The summed E-state index contributed by atoms with van der Waals surface area (Å²) in [4.78, 5) is 34.9. The molecule has 3 rings (SSSR count). The van der Waals surface area contributed by atoms with E-state index in [1.807, 2.05) is 47.2 Å². The second kappa shape index (κ2) is 20.3. The second-order valence-electron chi connectivity index (χ2n) is 12.6. The number of benzene rings is 2. The molecule has 3 aromatic rings. The Hall–Kier alpha value is -4.21. The monoisotopic (exact) mass is 688 g/mol. The summed E-state index contributed by atoms with van der Waals surface area (Å²) in [6.07, 6.45) is 2.12. The molecule has 0 saturated carbocycles. The van der Waals surface area contributed by atoms with E-state index in [2.05, 4.69) is 36.7 Å². The normalized spacial score (nSPS) is 13.1. The van der Waals surface area contributed by atoms with E-state index in [4.69, 9.17) is 21.7 Å². The summed E-state index contributed by atoms with van der Waals surface area (Å²) in [6, 6.07) is 13.1. The summed E-state index contributed by atoms with van der Waals surface area (Å²) >= 11 is 0. The van der Waals surface area contributed by atoms with Gasteiger partial charge in [-0.2, -0.15) is 0 Å². The highest BCUT2D eigenvalue weighted by molar-refractivity contribution is 5.81. The molecule has 0 spiro atoms. The van der Waals surface area contributed by atoms with Crippen molar-refractivity contribution < 1.29 is 38.5 Å². The van der Waals surface area contributed by atoms with Gasteiger partial charge in [0, 0.05) is 49.1 Å². The SMILES string of the molecule is CC(C)(C)[C@@H](NCC[C@H](N)C(=O)NCCN[C@@H](CCC(N)=O)C(=O)O)c1cc(-c2cc(F)ccc2F)cn1Cc1ccccc1.OCCO. The fraction of sp³-hybridized carbons (Fsp3) is 0.457. The molecule has 0 aliphatic rings. The molecule has 0 radical (unpaired) electrons. The average molecular weight is 689 g/mol. The van der Waals surface area contributed by atoms with Crippen molar-refractivity contribution in [1.82, 2.24) is 20.5 Å². The molecule has 0 aliphatic heterocycles. The average Bonchev–Trinajstić information content (AvgIpc) is 3.45. The van der Waals surface area contributed by atoms with E-state index in [0.29, 0.717) is 25.1 Å². The lowest BCUT2D eigenvalue weighted by Gasteiger charge is -2.33. The van der Waals surface area contributed by atoms with Crippen molar-refractivity contribution in [2.24, 2.45) is 16.9 Å². The van der Waals surface area contributed by atoms with Gasteiger partial charge in [-0.3, -0.25) is 14.4 Å². The molecule has 0 bridgehead atoms. The highest BCUT2D eigenvalue weighted by Crippen LogP contribution is 2.37. The molecular formula is C35H50F2N6O6. The van der Waals surface area contributed by atoms with Crippen molar-refractivity contribution >= 4 is 17.8 Å². The van der Waals surface area contributed by atoms with E-state index in [1.165, 1.54) is 6.07 Å². The zero-order chi connectivity index (χ0) is 36.6. The van der Waals surface area contributed by atoms with Gasteiger partial charge in [-0.15, -0.1) is 0 Å². The van der Waals surface area contributed by atoms with Crippen LogP contribution in [0.5, 0.6) is 0 Å². The Morgan fingerprint density at radius 2 is 1.59 bits per heavy atom. The molecule has 2 aromatic carbocycles. The number of aromatic nitrogens is 1. The zero-order valence-corrected chi connectivity index (χ0v) is 28.3. The highest BCUT2D eigenvalue weighted by Gasteiger charge is 2.30. The van der Waals surface area contributed by atoms with Crippen LogP contribution in [0.25, 0.3) is 11.1 Å². The minimum Gasteiger partial charge on any atom is -0.480 e. The molecule has 1 heterocycles. The Morgan fingerprint density at radius 1 is 0.918 bits per heavy atom. The Balaban J connectivity index is 0.00000197. The maximum absolute atomic E-state index is 14.8. The lowest BCUT2D eigenvalue weighted by molar-refractivity contribution is -0.139. The third kappa shape index (κ3) is 14.0. The van der Waals surface area contributed by atoms with Crippen molar-refractivity contribution in [1.29, 1.82) is 0 Å². The number of carbonyl (C=O) groups is 3. The molecule has 0 unspecified atom stereocenters. The number of carbonyl (C=O) groups excluding carboxylic acids is 2. The van der Waals surface area contributed by atoms with E-state index in [1.54, 1.807) is 0 Å². The number of hydrogen-bond donors (Lipinski definition) is 8. The molecule has 3 atom stereocenters. The molecule has 0 fully saturated rings.